The van der Waals surface area contributed by atoms with E-state index in [-0.39, 0.29) is 17.0 Å². The Morgan fingerprint density at radius 2 is 1.95 bits per heavy atom. The summed E-state index contributed by atoms with van der Waals surface area (Å²) in [7, 11) is 2.23. The highest BCUT2D eigenvalue weighted by molar-refractivity contribution is 5.74. The Morgan fingerprint density at radius 3 is 2.40 bits per heavy atom. The molecule has 1 heterocycles. The minimum Gasteiger partial charge on any atom is -0.481 e. The van der Waals surface area contributed by atoms with Gasteiger partial charge in [-0.1, -0.05) is 0 Å². The number of methoxy groups -OCH3 is 2. The summed E-state index contributed by atoms with van der Waals surface area (Å²) in [5.41, 5.74) is -0.608. The molecular formula is C11H11F4NO4. The van der Waals surface area contributed by atoms with Crippen LogP contribution in [0.25, 0.3) is 0 Å². The van der Waals surface area contributed by atoms with Crippen LogP contribution in [0.3, 0.4) is 0 Å². The van der Waals surface area contributed by atoms with Crippen molar-refractivity contribution in [2.24, 2.45) is 0 Å². The first-order chi connectivity index (χ1) is 9.32. The van der Waals surface area contributed by atoms with E-state index in [2.05, 4.69) is 14.5 Å². The van der Waals surface area contributed by atoms with Crippen LogP contribution in [0, 0.1) is 0 Å². The van der Waals surface area contributed by atoms with E-state index in [9.17, 15) is 22.4 Å². The number of esters is 1. The molecule has 0 amide bonds. The fourth-order valence-corrected chi connectivity index (χ4v) is 1.49. The van der Waals surface area contributed by atoms with E-state index in [1.165, 1.54) is 7.11 Å². The molecule has 9 heteroatoms. The molecule has 0 atom stereocenters. The van der Waals surface area contributed by atoms with Gasteiger partial charge in [-0.3, -0.25) is 4.79 Å². The predicted octanol–water partition coefficient (Wildman–Crippen LogP) is 2.17. The van der Waals surface area contributed by atoms with Gasteiger partial charge < -0.3 is 14.2 Å². The minimum absolute atomic E-state index is 0.221. The van der Waals surface area contributed by atoms with Crippen LogP contribution >= 0.6 is 0 Å². The van der Waals surface area contributed by atoms with Crippen LogP contribution in [-0.2, 0) is 22.6 Å². The highest BCUT2D eigenvalue weighted by Crippen LogP contribution is 2.33. The van der Waals surface area contributed by atoms with Gasteiger partial charge in [-0.2, -0.15) is 0 Å². The number of carbonyl (C=O) groups is 1. The zero-order valence-corrected chi connectivity index (χ0v) is 10.6. The number of halogens is 4. The lowest BCUT2D eigenvalue weighted by Crippen LogP contribution is -2.20. The lowest BCUT2D eigenvalue weighted by molar-refractivity contribution is -0.275. The largest absolute Gasteiger partial charge is 0.573 e. The van der Waals surface area contributed by atoms with E-state index in [1.807, 2.05) is 0 Å². The molecule has 1 aromatic rings. The van der Waals surface area contributed by atoms with Crippen LogP contribution in [0.5, 0.6) is 11.6 Å². The first-order valence-electron chi connectivity index (χ1n) is 5.25. The normalized spacial score (nSPS) is 11.1. The van der Waals surface area contributed by atoms with Gasteiger partial charge >= 0.3 is 12.3 Å². The molecule has 0 aromatic carbocycles. The Kier molecular flexibility index (Phi) is 5.12. The third-order valence-corrected chi connectivity index (χ3v) is 2.32. The average Bonchev–Trinajstić information content (AvgIpc) is 2.38. The SMILES string of the molecule is COC(=O)Cc1c(OC(F)(F)F)cnc(OC)c1CF. The summed E-state index contributed by atoms with van der Waals surface area (Å²) < 4.78 is 62.6. The number of aromatic nitrogens is 1. The number of nitrogens with zero attached hydrogens (tertiary/aromatic N) is 1. The van der Waals surface area contributed by atoms with E-state index in [1.54, 1.807) is 0 Å². The molecule has 0 fully saturated rings. The number of hydrogen-bond acceptors (Lipinski definition) is 5. The molecule has 0 spiro atoms. The third-order valence-electron chi connectivity index (χ3n) is 2.32. The monoisotopic (exact) mass is 297 g/mol. The Balaban J connectivity index is 3.31. The van der Waals surface area contributed by atoms with Crippen molar-refractivity contribution in [3.05, 3.63) is 17.3 Å². The van der Waals surface area contributed by atoms with E-state index in [0.717, 1.165) is 7.11 Å². The maximum Gasteiger partial charge on any atom is 0.573 e. The zero-order valence-electron chi connectivity index (χ0n) is 10.6. The van der Waals surface area contributed by atoms with Crippen LogP contribution < -0.4 is 9.47 Å². The quantitative estimate of drug-likeness (QED) is 0.616. The molecule has 0 saturated heterocycles. The van der Waals surface area contributed by atoms with Crippen molar-refractivity contribution in [1.82, 2.24) is 4.98 Å². The molecular weight excluding hydrogens is 286 g/mol. The summed E-state index contributed by atoms with van der Waals surface area (Å²) in [6.07, 6.45) is -4.88. The third kappa shape index (κ3) is 3.97. The summed E-state index contributed by atoms with van der Waals surface area (Å²) in [5, 5.41) is 0. The number of carbonyl (C=O) groups excluding carboxylic acids is 1. The smallest absolute Gasteiger partial charge is 0.481 e. The summed E-state index contributed by atoms with van der Waals surface area (Å²) in [6.45, 7) is -1.17. The van der Waals surface area contributed by atoms with Crippen LogP contribution in [0.2, 0.25) is 0 Å². The Hall–Kier alpha value is -2.06. The van der Waals surface area contributed by atoms with Crippen molar-refractivity contribution in [3.8, 4) is 11.6 Å². The number of alkyl halides is 4. The second-order valence-electron chi connectivity index (χ2n) is 3.52. The first kappa shape index (κ1) is 16.0. The second kappa shape index (κ2) is 6.40. The second-order valence-corrected chi connectivity index (χ2v) is 3.52. The van der Waals surface area contributed by atoms with Crippen molar-refractivity contribution in [2.45, 2.75) is 19.5 Å². The van der Waals surface area contributed by atoms with Crippen molar-refractivity contribution in [2.75, 3.05) is 14.2 Å². The molecule has 1 rings (SSSR count). The molecule has 112 valence electrons. The van der Waals surface area contributed by atoms with Crippen LogP contribution in [-0.4, -0.2) is 31.5 Å². The maximum absolute atomic E-state index is 13.0. The topological polar surface area (TPSA) is 57.7 Å². The molecule has 1 aromatic heterocycles. The standard InChI is InChI=1S/C11H11F4NO4/c1-18-9(17)3-6-7(4-12)10(19-2)16-5-8(6)20-11(13,14)15/h5H,3-4H2,1-2H3. The first-order valence-corrected chi connectivity index (χ1v) is 5.25. The van der Waals surface area contributed by atoms with Crippen molar-refractivity contribution >= 4 is 5.97 Å². The lowest BCUT2D eigenvalue weighted by atomic mass is 10.1. The van der Waals surface area contributed by atoms with Crippen LogP contribution in [0.15, 0.2) is 6.20 Å². The number of pyridine rings is 1. The van der Waals surface area contributed by atoms with Gasteiger partial charge in [0.05, 0.1) is 32.4 Å². The molecule has 0 radical (unpaired) electrons. The van der Waals surface area contributed by atoms with E-state index in [0.29, 0.717) is 6.20 Å². The molecule has 0 bridgehead atoms. The van der Waals surface area contributed by atoms with E-state index < -0.39 is 31.2 Å². The van der Waals surface area contributed by atoms with Crippen LogP contribution in [0.4, 0.5) is 17.6 Å². The van der Waals surface area contributed by atoms with Gasteiger partial charge in [0.25, 0.3) is 0 Å². The Bertz CT molecular complexity index is 490. The molecule has 0 aliphatic rings. The van der Waals surface area contributed by atoms with E-state index in [4.69, 9.17) is 4.74 Å². The molecule has 0 saturated carbocycles. The van der Waals surface area contributed by atoms with Gasteiger partial charge in [0.2, 0.25) is 5.88 Å². The fraction of sp³-hybridized carbons (Fsp3) is 0.455. The predicted molar refractivity (Wildman–Crippen MR) is 58.0 cm³/mol. The molecule has 0 N–H and O–H groups in total. The van der Waals surface area contributed by atoms with Gasteiger partial charge in [0, 0.05) is 5.56 Å². The summed E-state index contributed by atoms with van der Waals surface area (Å²) in [5.74, 6) is -1.84. The fourth-order valence-electron chi connectivity index (χ4n) is 1.49. The number of rotatable bonds is 5. The Morgan fingerprint density at radius 1 is 1.30 bits per heavy atom. The average molecular weight is 297 g/mol. The molecule has 20 heavy (non-hydrogen) atoms. The summed E-state index contributed by atoms with van der Waals surface area (Å²) in [6, 6.07) is 0. The highest BCUT2D eigenvalue weighted by Gasteiger charge is 2.33. The number of ether oxygens (including phenoxy) is 3. The number of hydrogen-bond donors (Lipinski definition) is 0. The van der Waals surface area contributed by atoms with Gasteiger partial charge in [0.1, 0.15) is 6.67 Å². The maximum atomic E-state index is 13.0. The molecule has 5 nitrogen and oxygen atoms in total. The van der Waals surface area contributed by atoms with E-state index >= 15 is 0 Å². The van der Waals surface area contributed by atoms with Crippen LogP contribution in [0.1, 0.15) is 11.1 Å². The van der Waals surface area contributed by atoms with Gasteiger partial charge in [-0.15, -0.1) is 13.2 Å². The summed E-state index contributed by atoms with van der Waals surface area (Å²) >= 11 is 0. The molecule has 0 aliphatic heterocycles. The zero-order chi connectivity index (χ0) is 15.3. The molecule has 0 unspecified atom stereocenters. The van der Waals surface area contributed by atoms with Crippen molar-refractivity contribution < 1.29 is 36.6 Å². The van der Waals surface area contributed by atoms with Gasteiger partial charge in [-0.05, 0) is 0 Å². The lowest BCUT2D eigenvalue weighted by Gasteiger charge is -2.16. The molecule has 0 aliphatic carbocycles. The van der Waals surface area contributed by atoms with Gasteiger partial charge in [-0.25, -0.2) is 9.37 Å². The van der Waals surface area contributed by atoms with Crippen molar-refractivity contribution in [3.63, 3.8) is 0 Å². The summed E-state index contributed by atoms with van der Waals surface area (Å²) in [4.78, 5) is 14.7. The highest BCUT2D eigenvalue weighted by atomic mass is 19.4. The van der Waals surface area contributed by atoms with Gasteiger partial charge in [0.15, 0.2) is 5.75 Å². The van der Waals surface area contributed by atoms with Crippen molar-refractivity contribution in [1.29, 1.82) is 0 Å². The minimum atomic E-state index is -4.99. The Labute approximate surface area is 111 Å².